The number of pyridine rings is 1. The lowest BCUT2D eigenvalue weighted by Crippen LogP contribution is -2.19. The van der Waals surface area contributed by atoms with Crippen LogP contribution in [0.3, 0.4) is 0 Å². The van der Waals surface area contributed by atoms with E-state index in [0.29, 0.717) is 18.2 Å². The molecular formula is C21H23F2N5O2. The Bertz CT molecular complexity index is 1050. The molecule has 30 heavy (non-hydrogen) atoms. The largest absolute Gasteiger partial charge is 0.476 e. The van der Waals surface area contributed by atoms with Gasteiger partial charge in [-0.15, -0.1) is 0 Å². The van der Waals surface area contributed by atoms with Crippen LogP contribution in [-0.2, 0) is 7.05 Å². The van der Waals surface area contributed by atoms with Gasteiger partial charge >= 0.3 is 0 Å². The molecule has 0 aliphatic carbocycles. The number of anilines is 1. The topological polar surface area (TPSA) is 72.3 Å². The molecule has 9 heteroatoms. The molecule has 0 aliphatic rings. The van der Waals surface area contributed by atoms with Gasteiger partial charge in [-0.05, 0) is 44.8 Å². The third-order valence-electron chi connectivity index (χ3n) is 4.46. The van der Waals surface area contributed by atoms with Crippen molar-refractivity contribution in [2.24, 2.45) is 7.05 Å². The van der Waals surface area contributed by atoms with E-state index in [9.17, 15) is 13.6 Å². The van der Waals surface area contributed by atoms with E-state index < -0.39 is 23.2 Å². The van der Waals surface area contributed by atoms with Crippen molar-refractivity contribution in [2.45, 2.75) is 6.92 Å². The molecule has 1 amide bonds. The predicted octanol–water partition coefficient (Wildman–Crippen LogP) is 3.26. The van der Waals surface area contributed by atoms with E-state index in [1.165, 1.54) is 10.7 Å². The van der Waals surface area contributed by atoms with Gasteiger partial charge in [0, 0.05) is 31.4 Å². The molecule has 0 unspecified atom stereocenters. The number of carbonyl (C=O) groups is 1. The first kappa shape index (κ1) is 21.4. The second kappa shape index (κ2) is 9.00. The van der Waals surface area contributed by atoms with Crippen LogP contribution in [0.4, 0.5) is 14.5 Å². The van der Waals surface area contributed by atoms with Gasteiger partial charge in [-0.2, -0.15) is 5.10 Å². The summed E-state index contributed by atoms with van der Waals surface area (Å²) in [6.07, 6.45) is 1.65. The molecule has 7 nitrogen and oxygen atoms in total. The number of para-hydroxylation sites is 1. The van der Waals surface area contributed by atoms with Gasteiger partial charge in [0.2, 0.25) is 5.88 Å². The Morgan fingerprint density at radius 2 is 1.93 bits per heavy atom. The monoisotopic (exact) mass is 415 g/mol. The van der Waals surface area contributed by atoms with Crippen LogP contribution in [0, 0.1) is 18.6 Å². The van der Waals surface area contributed by atoms with Crippen LogP contribution in [-0.4, -0.2) is 52.8 Å². The number of rotatable bonds is 7. The van der Waals surface area contributed by atoms with E-state index in [2.05, 4.69) is 15.4 Å². The Labute approximate surface area is 173 Å². The molecule has 0 saturated carbocycles. The lowest BCUT2D eigenvalue weighted by atomic mass is 10.1. The van der Waals surface area contributed by atoms with Crippen LogP contribution in [0.5, 0.6) is 5.88 Å². The molecule has 2 heterocycles. The molecule has 0 radical (unpaired) electrons. The first-order valence-corrected chi connectivity index (χ1v) is 9.30. The van der Waals surface area contributed by atoms with Crippen molar-refractivity contribution < 1.29 is 18.3 Å². The molecule has 1 N–H and O–H groups in total. The Morgan fingerprint density at radius 3 is 2.57 bits per heavy atom. The predicted molar refractivity (Wildman–Crippen MR) is 110 cm³/mol. The summed E-state index contributed by atoms with van der Waals surface area (Å²) in [6, 6.07) is 6.72. The fraction of sp³-hybridized carbons (Fsp3) is 0.286. The zero-order valence-electron chi connectivity index (χ0n) is 17.2. The molecule has 2 aromatic heterocycles. The summed E-state index contributed by atoms with van der Waals surface area (Å²) in [5.41, 5.74) is 1.81. The van der Waals surface area contributed by atoms with Crippen molar-refractivity contribution >= 4 is 11.6 Å². The fourth-order valence-corrected chi connectivity index (χ4v) is 2.84. The average Bonchev–Trinajstić information content (AvgIpc) is 3.06. The van der Waals surface area contributed by atoms with Crippen molar-refractivity contribution in [3.63, 3.8) is 0 Å². The normalized spacial score (nSPS) is 11.0. The van der Waals surface area contributed by atoms with Gasteiger partial charge in [0.05, 0.1) is 5.69 Å². The van der Waals surface area contributed by atoms with E-state index in [1.54, 1.807) is 19.3 Å². The number of hydrogen-bond acceptors (Lipinski definition) is 5. The fourth-order valence-electron chi connectivity index (χ4n) is 2.84. The summed E-state index contributed by atoms with van der Waals surface area (Å²) in [5, 5.41) is 6.41. The highest BCUT2D eigenvalue weighted by Gasteiger charge is 2.19. The molecule has 158 valence electrons. The Kier molecular flexibility index (Phi) is 6.41. The number of amides is 1. The third kappa shape index (κ3) is 4.80. The van der Waals surface area contributed by atoms with E-state index in [4.69, 9.17) is 4.74 Å². The summed E-state index contributed by atoms with van der Waals surface area (Å²) in [7, 11) is 5.60. The Hall–Kier alpha value is -3.33. The van der Waals surface area contributed by atoms with Crippen molar-refractivity contribution in [3.8, 4) is 17.1 Å². The smallest absolute Gasteiger partial charge is 0.276 e. The maximum absolute atomic E-state index is 13.8. The highest BCUT2D eigenvalue weighted by Crippen LogP contribution is 2.26. The summed E-state index contributed by atoms with van der Waals surface area (Å²) < 4.78 is 34.8. The number of ether oxygens (including phenoxy) is 1. The van der Waals surface area contributed by atoms with Crippen LogP contribution in [0.25, 0.3) is 11.3 Å². The molecule has 0 bridgehead atoms. The van der Waals surface area contributed by atoms with Crippen LogP contribution in [0.1, 0.15) is 16.1 Å². The second-order valence-electron chi connectivity index (χ2n) is 7.08. The summed E-state index contributed by atoms with van der Waals surface area (Å²) in [6.45, 7) is 3.18. The molecule has 0 spiro atoms. The third-order valence-corrected chi connectivity index (χ3v) is 4.46. The number of likely N-dealkylation sites (N-methyl/N-ethyl adjacent to an activating group) is 1. The first-order chi connectivity index (χ1) is 14.3. The minimum atomic E-state index is -0.857. The highest BCUT2D eigenvalue weighted by atomic mass is 19.1. The second-order valence-corrected chi connectivity index (χ2v) is 7.08. The molecular weight excluding hydrogens is 392 g/mol. The van der Waals surface area contributed by atoms with Crippen molar-refractivity contribution in [1.82, 2.24) is 19.7 Å². The minimum Gasteiger partial charge on any atom is -0.476 e. The van der Waals surface area contributed by atoms with Gasteiger partial charge in [-0.25, -0.2) is 13.8 Å². The molecule has 0 fully saturated rings. The zero-order chi connectivity index (χ0) is 21.8. The summed E-state index contributed by atoms with van der Waals surface area (Å²) in [5.74, 6) is -1.92. The van der Waals surface area contributed by atoms with Crippen LogP contribution in [0.2, 0.25) is 0 Å². The molecule has 0 aliphatic heterocycles. The van der Waals surface area contributed by atoms with Crippen molar-refractivity contribution in [1.29, 1.82) is 0 Å². The van der Waals surface area contributed by atoms with E-state index in [-0.39, 0.29) is 5.69 Å². The number of aryl methyl sites for hydroxylation is 2. The quantitative estimate of drug-likeness (QED) is 0.641. The molecule has 1 aromatic carbocycles. The number of nitrogens with zero attached hydrogens (tertiary/aromatic N) is 4. The van der Waals surface area contributed by atoms with E-state index in [1.807, 2.05) is 32.0 Å². The lowest BCUT2D eigenvalue weighted by molar-refractivity contribution is 0.102. The van der Waals surface area contributed by atoms with Gasteiger partial charge in [0.15, 0.2) is 5.69 Å². The van der Waals surface area contributed by atoms with Crippen LogP contribution >= 0.6 is 0 Å². The van der Waals surface area contributed by atoms with E-state index >= 15 is 0 Å². The van der Waals surface area contributed by atoms with Crippen LogP contribution in [0.15, 0.2) is 36.5 Å². The Morgan fingerprint density at radius 1 is 1.23 bits per heavy atom. The highest BCUT2D eigenvalue weighted by molar-refractivity contribution is 6.03. The SMILES string of the molecule is Cc1cc(OCCN(C)C)ncc1-c1cc(C(=O)Nc2c(F)cccc2F)nn1C. The maximum Gasteiger partial charge on any atom is 0.276 e. The van der Waals surface area contributed by atoms with Crippen LogP contribution < -0.4 is 10.1 Å². The standard InChI is InChI=1S/C21H23F2N5O2/c1-13-10-19(30-9-8-27(2)3)24-12-14(13)18-11-17(26-28(18)4)21(29)25-20-15(22)6-5-7-16(20)23/h5-7,10-12H,8-9H2,1-4H3,(H,25,29). The minimum absolute atomic E-state index is 0.0286. The molecule has 0 atom stereocenters. The summed E-state index contributed by atoms with van der Waals surface area (Å²) in [4.78, 5) is 18.8. The first-order valence-electron chi connectivity index (χ1n) is 9.30. The van der Waals surface area contributed by atoms with Crippen molar-refractivity contribution in [3.05, 3.63) is 59.4 Å². The van der Waals surface area contributed by atoms with Gasteiger partial charge < -0.3 is 15.0 Å². The van der Waals surface area contributed by atoms with Gasteiger partial charge in [-0.3, -0.25) is 9.48 Å². The average molecular weight is 415 g/mol. The molecule has 0 saturated heterocycles. The Balaban J connectivity index is 1.79. The number of hydrogen-bond donors (Lipinski definition) is 1. The number of benzene rings is 1. The van der Waals surface area contributed by atoms with Gasteiger partial charge in [-0.1, -0.05) is 6.07 Å². The summed E-state index contributed by atoms with van der Waals surface area (Å²) >= 11 is 0. The number of halogens is 2. The molecule has 3 aromatic rings. The van der Waals surface area contributed by atoms with Gasteiger partial charge in [0.1, 0.15) is 23.9 Å². The zero-order valence-corrected chi connectivity index (χ0v) is 17.2. The molecule has 3 rings (SSSR count). The van der Waals surface area contributed by atoms with E-state index in [0.717, 1.165) is 29.8 Å². The number of nitrogens with one attached hydrogen (secondary N) is 1. The number of aromatic nitrogens is 3. The number of carbonyl (C=O) groups excluding carboxylic acids is 1. The van der Waals surface area contributed by atoms with Crippen molar-refractivity contribution in [2.75, 3.05) is 32.6 Å². The van der Waals surface area contributed by atoms with Gasteiger partial charge in [0.25, 0.3) is 5.91 Å². The maximum atomic E-state index is 13.8. The lowest BCUT2D eigenvalue weighted by Gasteiger charge is -2.12.